The van der Waals surface area contributed by atoms with Gasteiger partial charge in [0, 0.05) is 5.92 Å². The van der Waals surface area contributed by atoms with Gasteiger partial charge in [0.05, 0.1) is 7.11 Å². The predicted octanol–water partition coefficient (Wildman–Crippen LogP) is 2.41. The third-order valence-corrected chi connectivity index (χ3v) is 1.98. The molecule has 0 bridgehead atoms. The van der Waals surface area contributed by atoms with Gasteiger partial charge in [0.15, 0.2) is 0 Å². The van der Waals surface area contributed by atoms with Crippen LogP contribution in [0.1, 0.15) is 18.4 Å². The van der Waals surface area contributed by atoms with E-state index in [2.05, 4.69) is 12.1 Å². The van der Waals surface area contributed by atoms with E-state index in [9.17, 15) is 0 Å². The number of ether oxygens (including phenoxy) is 1. The first kappa shape index (κ1) is 6.71. The second kappa shape index (κ2) is 2.57. The Balaban J connectivity index is 2.26. The van der Waals surface area contributed by atoms with Crippen molar-refractivity contribution < 1.29 is 4.74 Å². The highest BCUT2D eigenvalue weighted by atomic mass is 16.5. The van der Waals surface area contributed by atoms with Crippen LogP contribution in [0.2, 0.25) is 0 Å². The van der Waals surface area contributed by atoms with E-state index in [1.165, 1.54) is 18.4 Å². The maximum atomic E-state index is 5.12. The summed E-state index contributed by atoms with van der Waals surface area (Å²) in [5.41, 5.74) is 1.35. The van der Waals surface area contributed by atoms with Crippen LogP contribution >= 0.6 is 0 Å². The number of hydrogen-bond acceptors (Lipinski definition) is 1. The zero-order chi connectivity index (χ0) is 7.68. The summed E-state index contributed by atoms with van der Waals surface area (Å²) in [4.78, 5) is 0. The molecule has 1 nitrogen and oxygen atoms in total. The van der Waals surface area contributed by atoms with Crippen molar-refractivity contribution in [3.8, 4) is 5.75 Å². The van der Waals surface area contributed by atoms with Crippen LogP contribution in [0, 0.1) is 5.92 Å². The Morgan fingerprint density at radius 3 is 2.73 bits per heavy atom. The van der Waals surface area contributed by atoms with Gasteiger partial charge < -0.3 is 4.74 Å². The van der Waals surface area contributed by atoms with Crippen LogP contribution in [-0.4, -0.2) is 7.11 Å². The minimum absolute atomic E-state index is 0.960. The summed E-state index contributed by atoms with van der Waals surface area (Å²) in [5, 5.41) is 0. The van der Waals surface area contributed by atoms with Gasteiger partial charge in [-0.25, -0.2) is 0 Å². The average Bonchev–Trinajstić information content (AvgIpc) is 2.87. The Labute approximate surface area is 67.0 Å². The normalized spacial score (nSPS) is 16.5. The van der Waals surface area contributed by atoms with E-state index >= 15 is 0 Å². The Morgan fingerprint density at radius 1 is 1.27 bits per heavy atom. The lowest BCUT2D eigenvalue weighted by molar-refractivity contribution is 0.414. The van der Waals surface area contributed by atoms with E-state index in [4.69, 9.17) is 4.74 Å². The van der Waals surface area contributed by atoms with Crippen molar-refractivity contribution in [1.82, 2.24) is 0 Å². The molecule has 0 saturated heterocycles. The highest BCUT2D eigenvalue weighted by Crippen LogP contribution is 2.39. The van der Waals surface area contributed by atoms with Crippen molar-refractivity contribution in [2.24, 2.45) is 0 Å². The molecule has 1 radical (unpaired) electrons. The molecule has 1 aromatic rings. The molecular weight excluding hydrogens is 136 g/mol. The molecule has 1 aromatic carbocycles. The molecule has 0 spiro atoms. The van der Waals surface area contributed by atoms with Crippen molar-refractivity contribution in [1.29, 1.82) is 0 Å². The fraction of sp³-hybridized carbons (Fsp3) is 0.300. The van der Waals surface area contributed by atoms with E-state index in [0.717, 1.165) is 5.75 Å². The summed E-state index contributed by atoms with van der Waals surface area (Å²) in [6, 6.07) is 8.26. The molecule has 57 valence electrons. The summed E-state index contributed by atoms with van der Waals surface area (Å²) >= 11 is 0. The lowest BCUT2D eigenvalue weighted by Crippen LogP contribution is -1.84. The number of rotatable bonds is 2. The molecule has 0 aliphatic heterocycles. The standard InChI is InChI=1S/C10H11O/c1-11-10-4-2-3-9(7-10)8-5-6-8/h2-4,7H,5-6H2,1H3. The zero-order valence-electron chi connectivity index (χ0n) is 6.63. The largest absolute Gasteiger partial charge is 0.497 e. The van der Waals surface area contributed by atoms with Gasteiger partial charge >= 0.3 is 0 Å². The minimum atomic E-state index is 0.960. The minimum Gasteiger partial charge on any atom is -0.497 e. The Hall–Kier alpha value is -0.980. The van der Waals surface area contributed by atoms with Crippen LogP contribution in [0.3, 0.4) is 0 Å². The molecule has 1 heteroatoms. The molecule has 11 heavy (non-hydrogen) atoms. The molecule has 1 aliphatic carbocycles. The van der Waals surface area contributed by atoms with Gasteiger partial charge in [-0.15, -0.1) is 0 Å². The lowest BCUT2D eigenvalue weighted by atomic mass is 10.1. The second-order valence-corrected chi connectivity index (χ2v) is 2.84. The quantitative estimate of drug-likeness (QED) is 0.624. The summed E-state index contributed by atoms with van der Waals surface area (Å²) < 4.78 is 5.12. The van der Waals surface area contributed by atoms with Crippen LogP contribution < -0.4 is 4.74 Å². The average molecular weight is 147 g/mol. The Morgan fingerprint density at radius 2 is 2.09 bits per heavy atom. The van der Waals surface area contributed by atoms with Crippen LogP contribution in [-0.2, 0) is 0 Å². The van der Waals surface area contributed by atoms with Crippen molar-refractivity contribution in [2.45, 2.75) is 12.8 Å². The van der Waals surface area contributed by atoms with Crippen LogP contribution in [0.4, 0.5) is 0 Å². The Kier molecular flexibility index (Phi) is 1.57. The molecular formula is C10H11O. The molecule has 1 saturated carbocycles. The van der Waals surface area contributed by atoms with E-state index < -0.39 is 0 Å². The van der Waals surface area contributed by atoms with Crippen LogP contribution in [0.5, 0.6) is 5.75 Å². The SMILES string of the molecule is COc1cccc([C]2CC2)c1. The number of hydrogen-bond donors (Lipinski definition) is 0. The molecule has 0 heterocycles. The lowest BCUT2D eigenvalue weighted by Gasteiger charge is -2.01. The first-order valence-corrected chi connectivity index (χ1v) is 3.89. The monoisotopic (exact) mass is 147 g/mol. The second-order valence-electron chi connectivity index (χ2n) is 2.84. The maximum Gasteiger partial charge on any atom is 0.119 e. The topological polar surface area (TPSA) is 9.23 Å². The highest BCUT2D eigenvalue weighted by molar-refractivity contribution is 5.41. The fourth-order valence-corrected chi connectivity index (χ4v) is 1.19. The summed E-state index contributed by atoms with van der Waals surface area (Å²) in [6.07, 6.45) is 2.54. The highest BCUT2D eigenvalue weighted by Gasteiger charge is 2.24. The van der Waals surface area contributed by atoms with Gasteiger partial charge in [-0.2, -0.15) is 0 Å². The first-order valence-electron chi connectivity index (χ1n) is 3.89. The zero-order valence-corrected chi connectivity index (χ0v) is 6.63. The summed E-state index contributed by atoms with van der Waals surface area (Å²) in [7, 11) is 1.71. The molecule has 0 unspecified atom stereocenters. The molecule has 1 aliphatic rings. The molecule has 1 fully saturated rings. The summed E-state index contributed by atoms with van der Waals surface area (Å²) in [5.74, 6) is 2.52. The van der Waals surface area contributed by atoms with Crippen molar-refractivity contribution in [3.63, 3.8) is 0 Å². The van der Waals surface area contributed by atoms with Gasteiger partial charge in [-0.05, 0) is 30.5 Å². The van der Waals surface area contributed by atoms with Gasteiger partial charge in [0.25, 0.3) is 0 Å². The fourth-order valence-electron chi connectivity index (χ4n) is 1.19. The third-order valence-electron chi connectivity index (χ3n) is 1.98. The van der Waals surface area contributed by atoms with E-state index in [1.807, 2.05) is 12.1 Å². The van der Waals surface area contributed by atoms with Gasteiger partial charge in [-0.1, -0.05) is 12.1 Å². The smallest absolute Gasteiger partial charge is 0.119 e. The Bertz CT molecular complexity index is 251. The van der Waals surface area contributed by atoms with Crippen LogP contribution in [0.15, 0.2) is 24.3 Å². The van der Waals surface area contributed by atoms with Crippen LogP contribution in [0.25, 0.3) is 0 Å². The molecule has 0 N–H and O–H groups in total. The van der Waals surface area contributed by atoms with Gasteiger partial charge in [0.1, 0.15) is 5.75 Å². The molecule has 0 amide bonds. The number of benzene rings is 1. The molecule has 0 atom stereocenters. The van der Waals surface area contributed by atoms with E-state index in [0.29, 0.717) is 0 Å². The molecule has 0 aromatic heterocycles. The van der Waals surface area contributed by atoms with Gasteiger partial charge in [-0.3, -0.25) is 0 Å². The van der Waals surface area contributed by atoms with Crippen molar-refractivity contribution >= 4 is 0 Å². The first-order chi connectivity index (χ1) is 5.40. The van der Waals surface area contributed by atoms with Gasteiger partial charge in [0.2, 0.25) is 0 Å². The van der Waals surface area contributed by atoms with E-state index in [-0.39, 0.29) is 0 Å². The van der Waals surface area contributed by atoms with Crippen molar-refractivity contribution in [3.05, 3.63) is 35.7 Å². The predicted molar refractivity (Wildman–Crippen MR) is 44.6 cm³/mol. The van der Waals surface area contributed by atoms with E-state index in [1.54, 1.807) is 13.0 Å². The third kappa shape index (κ3) is 1.37. The van der Waals surface area contributed by atoms with Crippen molar-refractivity contribution in [2.75, 3.05) is 7.11 Å². The molecule has 2 rings (SSSR count). The summed E-state index contributed by atoms with van der Waals surface area (Å²) in [6.45, 7) is 0. The number of methoxy groups -OCH3 is 1. The maximum absolute atomic E-state index is 5.12.